The number of nitrogens with one attached hydrogen (secondary N) is 1. The first-order valence-corrected chi connectivity index (χ1v) is 11.0. The van der Waals surface area contributed by atoms with Gasteiger partial charge in [0, 0.05) is 56.7 Å². The van der Waals surface area contributed by atoms with Crippen LogP contribution >= 0.6 is 11.8 Å². The molecule has 0 bridgehead atoms. The van der Waals surface area contributed by atoms with Gasteiger partial charge in [-0.1, -0.05) is 11.8 Å². The van der Waals surface area contributed by atoms with Crippen LogP contribution in [0.3, 0.4) is 0 Å². The smallest absolute Gasteiger partial charge is 0.307 e. The summed E-state index contributed by atoms with van der Waals surface area (Å²) in [5.74, 6) is 0.237. The van der Waals surface area contributed by atoms with Crippen molar-refractivity contribution in [2.75, 3.05) is 58.0 Å². The molecule has 2 aromatic heterocycles. The summed E-state index contributed by atoms with van der Waals surface area (Å²) < 4.78 is 20.6. The number of methoxy groups -OCH3 is 1. The van der Waals surface area contributed by atoms with Crippen molar-refractivity contribution < 1.29 is 14.1 Å². The predicted octanol–water partition coefficient (Wildman–Crippen LogP) is 2.26. The topological polar surface area (TPSA) is 114 Å². The number of benzene rings is 1. The quantitative estimate of drug-likeness (QED) is 0.304. The largest absolute Gasteiger partial charge is 0.494 e. The second-order valence-corrected chi connectivity index (χ2v) is 8.37. The van der Waals surface area contributed by atoms with Crippen molar-refractivity contribution in [3.05, 3.63) is 40.3 Å². The molecular weight excluding hydrogens is 439 g/mol. The molecule has 1 fully saturated rings. The molecule has 0 aliphatic carbocycles. The molecule has 0 radical (unpaired) electrons. The molecule has 1 N–H and O–H groups in total. The molecular formula is C19H23FN8O3S. The van der Waals surface area contributed by atoms with Crippen LogP contribution in [-0.2, 0) is 0 Å². The highest BCUT2D eigenvalue weighted by atomic mass is 32.2. The van der Waals surface area contributed by atoms with Gasteiger partial charge in [-0.15, -0.1) is 0 Å². The fourth-order valence-corrected chi connectivity index (χ4v) is 4.20. The lowest BCUT2D eigenvalue weighted by atomic mass is 10.2. The minimum absolute atomic E-state index is 0.108. The summed E-state index contributed by atoms with van der Waals surface area (Å²) >= 11 is 1.52. The number of nitro groups is 1. The van der Waals surface area contributed by atoms with Gasteiger partial charge in [0.05, 0.1) is 23.9 Å². The van der Waals surface area contributed by atoms with Gasteiger partial charge in [0.2, 0.25) is 11.8 Å². The molecule has 4 rings (SSSR count). The summed E-state index contributed by atoms with van der Waals surface area (Å²) in [5.41, 5.74) is 0.102. The summed E-state index contributed by atoms with van der Waals surface area (Å²) in [6, 6.07) is 3.78. The van der Waals surface area contributed by atoms with Gasteiger partial charge in [-0.2, -0.15) is 19.0 Å². The lowest BCUT2D eigenvalue weighted by molar-refractivity contribution is -0.387. The molecule has 0 amide bonds. The molecule has 1 saturated heterocycles. The van der Waals surface area contributed by atoms with Crippen molar-refractivity contribution in [3.8, 4) is 5.75 Å². The van der Waals surface area contributed by atoms with E-state index in [0.29, 0.717) is 16.8 Å². The van der Waals surface area contributed by atoms with Crippen LogP contribution in [0.25, 0.3) is 5.65 Å². The van der Waals surface area contributed by atoms with Gasteiger partial charge in [0.1, 0.15) is 5.75 Å². The summed E-state index contributed by atoms with van der Waals surface area (Å²) in [7, 11) is 3.48. The van der Waals surface area contributed by atoms with E-state index in [1.54, 1.807) is 12.3 Å². The molecule has 11 nitrogen and oxygen atoms in total. The Bertz CT molecular complexity index is 1120. The van der Waals surface area contributed by atoms with Crippen LogP contribution in [0.1, 0.15) is 0 Å². The highest BCUT2D eigenvalue weighted by Gasteiger charge is 2.21. The summed E-state index contributed by atoms with van der Waals surface area (Å²) in [5, 5.41) is 18.9. The Kier molecular flexibility index (Phi) is 6.67. The molecule has 0 unspecified atom stereocenters. The number of fused-ring (bicyclic) bond motifs is 1. The number of halogens is 1. The van der Waals surface area contributed by atoms with Crippen molar-refractivity contribution in [2.24, 2.45) is 0 Å². The lowest BCUT2D eigenvalue weighted by Gasteiger charge is -2.32. The van der Waals surface area contributed by atoms with Crippen LogP contribution in [0.2, 0.25) is 0 Å². The van der Waals surface area contributed by atoms with Gasteiger partial charge in [-0.05, 0) is 7.05 Å². The second kappa shape index (κ2) is 9.63. The number of hydrogen-bond donors (Lipinski definition) is 1. The maximum Gasteiger partial charge on any atom is 0.307 e. The van der Waals surface area contributed by atoms with E-state index in [1.807, 2.05) is 0 Å². The molecule has 0 spiro atoms. The number of aromatic nitrogens is 4. The maximum absolute atomic E-state index is 14.0. The van der Waals surface area contributed by atoms with E-state index in [-0.39, 0.29) is 11.4 Å². The molecule has 1 aliphatic heterocycles. The van der Waals surface area contributed by atoms with Gasteiger partial charge in [-0.3, -0.25) is 15.0 Å². The van der Waals surface area contributed by atoms with Crippen LogP contribution < -0.4 is 10.1 Å². The Labute approximate surface area is 187 Å². The summed E-state index contributed by atoms with van der Waals surface area (Å²) in [6.45, 7) is 5.11. The number of nitro benzene ring substituents is 1. The normalized spacial score (nSPS) is 15.2. The molecule has 13 heteroatoms. The van der Waals surface area contributed by atoms with E-state index >= 15 is 0 Å². The minimum atomic E-state index is -0.982. The zero-order valence-corrected chi connectivity index (χ0v) is 18.5. The predicted molar refractivity (Wildman–Crippen MR) is 118 cm³/mol. The van der Waals surface area contributed by atoms with Crippen molar-refractivity contribution in [2.45, 2.75) is 5.16 Å². The third-order valence-electron chi connectivity index (χ3n) is 5.18. The van der Waals surface area contributed by atoms with Crippen molar-refractivity contribution in [3.63, 3.8) is 0 Å². The average Bonchev–Trinajstić information content (AvgIpc) is 3.25. The van der Waals surface area contributed by atoms with E-state index in [0.717, 1.165) is 50.6 Å². The van der Waals surface area contributed by atoms with Crippen LogP contribution in [0.5, 0.6) is 5.75 Å². The number of ether oxygens (including phenoxy) is 1. The van der Waals surface area contributed by atoms with Gasteiger partial charge in [0.15, 0.2) is 10.8 Å². The third kappa shape index (κ3) is 4.89. The molecule has 170 valence electrons. The van der Waals surface area contributed by atoms with E-state index in [2.05, 4.69) is 37.2 Å². The van der Waals surface area contributed by atoms with E-state index < -0.39 is 16.4 Å². The van der Waals surface area contributed by atoms with Crippen LogP contribution in [0, 0.1) is 15.9 Å². The molecule has 0 atom stereocenters. The number of piperazine rings is 1. The van der Waals surface area contributed by atoms with Crippen LogP contribution in [0.15, 0.2) is 29.6 Å². The first-order chi connectivity index (χ1) is 15.4. The number of anilines is 2. The van der Waals surface area contributed by atoms with E-state index in [1.165, 1.54) is 23.4 Å². The molecule has 0 saturated carbocycles. The van der Waals surface area contributed by atoms with Gasteiger partial charge >= 0.3 is 5.69 Å². The first kappa shape index (κ1) is 22.2. The standard InChI is InChI=1S/C19H23FN8O3S/c1-25-5-7-26(8-6-25)9-10-32-19-23-17-3-4-21-27(17)18(24-19)22-14-12-15(28(29)30)13(20)11-16(14)31-2/h3-4,11-12H,5-10H2,1-2H3,(H,22,23,24). The van der Waals surface area contributed by atoms with Crippen molar-refractivity contribution >= 4 is 34.7 Å². The Morgan fingerprint density at radius 2 is 2.06 bits per heavy atom. The Hall–Kier alpha value is -3.03. The fourth-order valence-electron chi connectivity index (χ4n) is 3.36. The zero-order valence-electron chi connectivity index (χ0n) is 17.7. The molecule has 1 aromatic carbocycles. The van der Waals surface area contributed by atoms with Gasteiger partial charge < -0.3 is 15.0 Å². The second-order valence-electron chi connectivity index (χ2n) is 7.31. The van der Waals surface area contributed by atoms with Crippen LogP contribution in [0.4, 0.5) is 21.7 Å². The highest BCUT2D eigenvalue weighted by Crippen LogP contribution is 2.33. The average molecular weight is 463 g/mol. The maximum atomic E-state index is 14.0. The third-order valence-corrected chi connectivity index (χ3v) is 6.01. The Balaban J connectivity index is 1.55. The Morgan fingerprint density at radius 3 is 2.78 bits per heavy atom. The first-order valence-electron chi connectivity index (χ1n) is 9.99. The molecule has 3 heterocycles. The SMILES string of the molecule is COc1cc(F)c([N+](=O)[O-])cc1Nc1nc(SCCN2CCN(C)CC2)nc2ccnn12. The van der Waals surface area contributed by atoms with Crippen LogP contribution in [-0.4, -0.2) is 86.9 Å². The molecule has 3 aromatic rings. The van der Waals surface area contributed by atoms with Crippen molar-refractivity contribution in [1.29, 1.82) is 0 Å². The van der Waals surface area contributed by atoms with Crippen molar-refractivity contribution in [1.82, 2.24) is 29.4 Å². The number of likely N-dealkylation sites (N-methyl/N-ethyl adjacent to an activating group) is 1. The number of thioether (sulfide) groups is 1. The summed E-state index contributed by atoms with van der Waals surface area (Å²) in [4.78, 5) is 24.1. The zero-order chi connectivity index (χ0) is 22.7. The van der Waals surface area contributed by atoms with E-state index in [4.69, 9.17) is 4.74 Å². The minimum Gasteiger partial charge on any atom is -0.494 e. The molecule has 32 heavy (non-hydrogen) atoms. The summed E-state index contributed by atoms with van der Waals surface area (Å²) in [6.07, 6.45) is 1.58. The van der Waals surface area contributed by atoms with Gasteiger partial charge in [-0.25, -0.2) is 4.98 Å². The number of rotatable bonds is 8. The molecule has 1 aliphatic rings. The highest BCUT2D eigenvalue weighted by molar-refractivity contribution is 7.99. The monoisotopic (exact) mass is 462 g/mol. The van der Waals surface area contributed by atoms with Gasteiger partial charge in [0.25, 0.3) is 0 Å². The number of hydrogen-bond acceptors (Lipinski definition) is 10. The number of nitrogens with zero attached hydrogens (tertiary/aromatic N) is 7. The lowest BCUT2D eigenvalue weighted by Crippen LogP contribution is -2.45. The van der Waals surface area contributed by atoms with E-state index in [9.17, 15) is 14.5 Å². The Morgan fingerprint density at radius 1 is 1.28 bits per heavy atom. The fraction of sp³-hybridized carbons (Fsp3) is 0.421.